The molecule has 0 radical (unpaired) electrons. The molecule has 0 aliphatic carbocycles. The van der Waals surface area contributed by atoms with E-state index in [2.05, 4.69) is 4.90 Å². The second-order valence-electron chi connectivity index (χ2n) is 9.06. The van der Waals surface area contributed by atoms with Gasteiger partial charge in [-0.25, -0.2) is 9.59 Å². The van der Waals surface area contributed by atoms with Crippen LogP contribution in [0.1, 0.15) is 30.9 Å². The molecule has 2 heterocycles. The van der Waals surface area contributed by atoms with E-state index in [0.29, 0.717) is 31.7 Å². The molecule has 1 unspecified atom stereocenters. The molecule has 8 heteroatoms. The quantitative estimate of drug-likeness (QED) is 0.439. The molecule has 2 aliphatic heterocycles. The number of hydrogen-bond acceptors (Lipinski definition) is 6. The van der Waals surface area contributed by atoms with Crippen LogP contribution in [0, 0.1) is 0 Å². The monoisotopic (exact) mass is 466 g/mol. The lowest BCUT2D eigenvalue weighted by Crippen LogP contribution is -2.63. The Labute approximate surface area is 198 Å². The van der Waals surface area contributed by atoms with Gasteiger partial charge in [-0.2, -0.15) is 0 Å². The van der Waals surface area contributed by atoms with Crippen molar-refractivity contribution in [2.45, 2.75) is 44.0 Å². The highest BCUT2D eigenvalue weighted by atomic mass is 16.6. The molecular weight excluding hydrogens is 436 g/mol. The van der Waals surface area contributed by atoms with Crippen LogP contribution in [0.25, 0.3) is 0 Å². The van der Waals surface area contributed by atoms with E-state index in [1.165, 1.54) is 5.56 Å². The maximum absolute atomic E-state index is 12.3. The van der Waals surface area contributed by atoms with Crippen molar-refractivity contribution in [1.29, 1.82) is 0 Å². The minimum absolute atomic E-state index is 0.261. The van der Waals surface area contributed by atoms with Crippen molar-refractivity contribution in [2.75, 3.05) is 25.4 Å². The van der Waals surface area contributed by atoms with Crippen molar-refractivity contribution < 1.29 is 29.3 Å². The predicted octanol–water partition coefficient (Wildman–Crippen LogP) is 3.11. The van der Waals surface area contributed by atoms with Gasteiger partial charge in [-0.3, -0.25) is 0 Å². The molecule has 34 heavy (non-hydrogen) atoms. The van der Waals surface area contributed by atoms with Crippen LogP contribution in [-0.2, 0) is 27.4 Å². The maximum Gasteiger partial charge on any atom is 0.336 e. The second kappa shape index (κ2) is 9.48. The first-order valence-corrected chi connectivity index (χ1v) is 11.4. The van der Waals surface area contributed by atoms with Gasteiger partial charge in [0.2, 0.25) is 0 Å². The molecule has 2 aromatic rings. The first-order valence-electron chi connectivity index (χ1n) is 11.4. The second-order valence-corrected chi connectivity index (χ2v) is 9.06. The Bertz CT molecular complexity index is 1090. The van der Waals surface area contributed by atoms with Gasteiger partial charge >= 0.3 is 11.9 Å². The molecule has 1 fully saturated rings. The number of ether oxygens (including phenoxy) is 2. The summed E-state index contributed by atoms with van der Waals surface area (Å²) in [6.45, 7) is 4.09. The van der Waals surface area contributed by atoms with Crippen molar-refractivity contribution in [3.05, 3.63) is 71.3 Å². The Morgan fingerprint density at radius 1 is 1.09 bits per heavy atom. The summed E-state index contributed by atoms with van der Waals surface area (Å²) in [4.78, 5) is 26.1. The molecule has 1 saturated heterocycles. The molecule has 1 spiro atoms. The average molecular weight is 467 g/mol. The summed E-state index contributed by atoms with van der Waals surface area (Å²) < 4.78 is 12.8. The van der Waals surface area contributed by atoms with Gasteiger partial charge in [-0.05, 0) is 49.9 Å². The normalized spacial score (nSPS) is 22.4. The minimum Gasteiger partial charge on any atom is -0.479 e. The van der Waals surface area contributed by atoms with Gasteiger partial charge in [0.15, 0.2) is 5.60 Å². The van der Waals surface area contributed by atoms with Crippen LogP contribution in [0.2, 0.25) is 0 Å². The summed E-state index contributed by atoms with van der Waals surface area (Å²) in [5.41, 5.74) is 5.69. The lowest BCUT2D eigenvalue weighted by Gasteiger charge is -2.50. The summed E-state index contributed by atoms with van der Waals surface area (Å²) in [5.74, 6) is -2.17. The van der Waals surface area contributed by atoms with E-state index in [-0.39, 0.29) is 12.2 Å². The Kier molecular flexibility index (Phi) is 6.63. The fraction of sp³-hybridized carbons (Fsp3) is 0.385. The van der Waals surface area contributed by atoms with Gasteiger partial charge < -0.3 is 30.3 Å². The molecule has 2 aliphatic rings. The van der Waals surface area contributed by atoms with Crippen LogP contribution in [-0.4, -0.2) is 57.9 Å². The Morgan fingerprint density at radius 3 is 2.41 bits per heavy atom. The summed E-state index contributed by atoms with van der Waals surface area (Å²) >= 11 is 0. The molecule has 1 atom stereocenters. The lowest BCUT2D eigenvalue weighted by molar-refractivity contribution is -0.175. The molecule has 8 nitrogen and oxygen atoms in total. The van der Waals surface area contributed by atoms with Crippen LogP contribution < -0.4 is 10.5 Å². The van der Waals surface area contributed by atoms with Gasteiger partial charge in [0, 0.05) is 37.0 Å². The zero-order chi connectivity index (χ0) is 24.3. The van der Waals surface area contributed by atoms with Crippen molar-refractivity contribution in [1.82, 2.24) is 4.90 Å². The van der Waals surface area contributed by atoms with E-state index < -0.39 is 23.1 Å². The maximum atomic E-state index is 12.3. The number of nitrogens with two attached hydrogens (primary N) is 1. The van der Waals surface area contributed by atoms with Crippen molar-refractivity contribution in [3.8, 4) is 5.75 Å². The Morgan fingerprint density at radius 2 is 1.76 bits per heavy atom. The zero-order valence-electron chi connectivity index (χ0n) is 19.2. The summed E-state index contributed by atoms with van der Waals surface area (Å²) in [6, 6.07) is 15.1. The molecule has 0 aromatic heterocycles. The first kappa shape index (κ1) is 23.8. The smallest absolute Gasteiger partial charge is 0.336 e. The van der Waals surface area contributed by atoms with Gasteiger partial charge in [0.1, 0.15) is 11.4 Å². The van der Waals surface area contributed by atoms with Crippen molar-refractivity contribution in [3.63, 3.8) is 0 Å². The number of fused-ring (bicyclic) bond motifs is 1. The summed E-state index contributed by atoms with van der Waals surface area (Å²) in [6.07, 6.45) is 2.61. The number of anilines is 1. The molecule has 0 bridgehead atoms. The first-order chi connectivity index (χ1) is 16.2. The Balaban J connectivity index is 1.60. The minimum atomic E-state index is -1.49. The van der Waals surface area contributed by atoms with Crippen LogP contribution in [0.3, 0.4) is 0 Å². The number of carboxylic acids is 2. The molecule has 0 amide bonds. The van der Waals surface area contributed by atoms with E-state index in [1.54, 1.807) is 19.1 Å². The van der Waals surface area contributed by atoms with Crippen LogP contribution in [0.15, 0.2) is 60.2 Å². The number of rotatable bonds is 6. The van der Waals surface area contributed by atoms with Crippen LogP contribution >= 0.6 is 0 Å². The highest BCUT2D eigenvalue weighted by Crippen LogP contribution is 2.47. The molecule has 4 N–H and O–H groups in total. The number of para-hydroxylation sites is 1. The van der Waals surface area contributed by atoms with E-state index in [4.69, 9.17) is 15.2 Å². The number of piperidine rings is 1. The lowest BCUT2D eigenvalue weighted by atomic mass is 9.72. The predicted molar refractivity (Wildman–Crippen MR) is 127 cm³/mol. The molecule has 4 rings (SSSR count). The standard InChI is InChI=1S/C26H30N2O6/c1-25(21(24(31)32)16-23(29)30)26(33-17-19-4-2-3-5-22(19)34-25)11-14-28(15-12-26)13-10-18-6-8-20(27)9-7-18/h2-9,16H,10-15,17,27H2,1H3,(H,29,30)(H,31,32)/b21-16+. The molecule has 180 valence electrons. The van der Waals surface area contributed by atoms with Crippen LogP contribution in [0.4, 0.5) is 5.69 Å². The third kappa shape index (κ3) is 4.64. The number of carbonyl (C=O) groups is 2. The fourth-order valence-corrected chi connectivity index (χ4v) is 4.95. The number of likely N-dealkylation sites (tertiary alicyclic amines) is 1. The van der Waals surface area contributed by atoms with Crippen LogP contribution in [0.5, 0.6) is 5.75 Å². The highest BCUT2D eigenvalue weighted by Gasteiger charge is 2.58. The third-order valence-electron chi connectivity index (χ3n) is 7.03. The van der Waals surface area contributed by atoms with Gasteiger partial charge in [0.05, 0.1) is 12.2 Å². The van der Waals surface area contributed by atoms with E-state index in [1.807, 2.05) is 36.4 Å². The fourth-order valence-electron chi connectivity index (χ4n) is 4.95. The van der Waals surface area contributed by atoms with E-state index in [9.17, 15) is 19.8 Å². The summed E-state index contributed by atoms with van der Waals surface area (Å²) in [5, 5.41) is 19.4. The van der Waals surface area contributed by atoms with Crippen molar-refractivity contribution >= 4 is 17.6 Å². The Hall–Kier alpha value is -3.36. The van der Waals surface area contributed by atoms with Gasteiger partial charge in [-0.15, -0.1) is 0 Å². The number of carboxylic acid groups (broad SMARTS) is 2. The van der Waals surface area contributed by atoms with Crippen molar-refractivity contribution in [2.24, 2.45) is 0 Å². The largest absolute Gasteiger partial charge is 0.479 e. The van der Waals surface area contributed by atoms with E-state index >= 15 is 0 Å². The topological polar surface area (TPSA) is 122 Å². The van der Waals surface area contributed by atoms with Gasteiger partial charge in [-0.1, -0.05) is 30.3 Å². The van der Waals surface area contributed by atoms with E-state index in [0.717, 1.165) is 30.3 Å². The highest BCUT2D eigenvalue weighted by molar-refractivity contribution is 5.96. The molecular formula is C26H30N2O6. The number of nitrogen functional groups attached to an aromatic ring is 1. The molecule has 0 saturated carbocycles. The summed E-state index contributed by atoms with van der Waals surface area (Å²) in [7, 11) is 0. The van der Waals surface area contributed by atoms with Gasteiger partial charge in [0.25, 0.3) is 0 Å². The zero-order valence-corrected chi connectivity index (χ0v) is 19.2. The number of hydrogen-bond donors (Lipinski definition) is 3. The number of nitrogens with zero attached hydrogens (tertiary/aromatic N) is 1. The number of benzene rings is 2. The SMILES string of the molecule is CC1(/C(=C/C(=O)O)C(=O)O)Oc2ccccc2COC12CCN(CCc1ccc(N)cc1)CC2. The third-order valence-corrected chi connectivity index (χ3v) is 7.03. The molecule has 2 aromatic carbocycles. The average Bonchev–Trinajstić information content (AvgIpc) is 2.93. The number of aliphatic carboxylic acids is 2.